The van der Waals surface area contributed by atoms with E-state index < -0.39 is 0 Å². The van der Waals surface area contributed by atoms with Crippen molar-refractivity contribution in [3.05, 3.63) is 18.5 Å². The van der Waals surface area contributed by atoms with E-state index >= 15 is 0 Å². The summed E-state index contributed by atoms with van der Waals surface area (Å²) in [4.78, 5) is 0. The lowest BCUT2D eigenvalue weighted by Gasteiger charge is -2.22. The van der Waals surface area contributed by atoms with Gasteiger partial charge in [0.15, 0.2) is 0 Å². The van der Waals surface area contributed by atoms with Gasteiger partial charge >= 0.3 is 0 Å². The Kier molecular flexibility index (Phi) is 3.45. The molecule has 13 heavy (non-hydrogen) atoms. The molecule has 0 aromatic carbocycles. The summed E-state index contributed by atoms with van der Waals surface area (Å²) in [7, 11) is 0. The molecule has 0 radical (unpaired) electrons. The lowest BCUT2D eigenvalue weighted by molar-refractivity contribution is -0.0151. The molecule has 0 saturated carbocycles. The van der Waals surface area contributed by atoms with E-state index in [0.717, 1.165) is 6.54 Å². The zero-order valence-electron chi connectivity index (χ0n) is 8.23. The van der Waals surface area contributed by atoms with E-state index in [1.54, 1.807) is 6.20 Å². The molecule has 0 bridgehead atoms. The van der Waals surface area contributed by atoms with Crippen molar-refractivity contribution in [1.29, 1.82) is 0 Å². The topological polar surface area (TPSA) is 53.1 Å². The second-order valence-electron chi connectivity index (χ2n) is 3.58. The molecule has 0 fully saturated rings. The van der Waals surface area contributed by atoms with Crippen LogP contribution in [0.4, 0.5) is 0 Å². The molecule has 4 nitrogen and oxygen atoms in total. The van der Waals surface area contributed by atoms with E-state index in [2.05, 4.69) is 5.10 Å². The minimum absolute atomic E-state index is 0.229. The van der Waals surface area contributed by atoms with Crippen molar-refractivity contribution in [1.82, 2.24) is 9.78 Å². The van der Waals surface area contributed by atoms with Gasteiger partial charge in [0.1, 0.15) is 0 Å². The summed E-state index contributed by atoms with van der Waals surface area (Å²) in [5, 5.41) is 4.07. The largest absolute Gasteiger partial charge is 0.372 e. The Bertz CT molecular complexity index is 231. The molecule has 1 rings (SSSR count). The maximum atomic E-state index is 5.57. The van der Waals surface area contributed by atoms with Gasteiger partial charge in [-0.25, -0.2) is 0 Å². The minimum atomic E-state index is -0.229. The maximum Gasteiger partial charge on any atom is 0.0749 e. The summed E-state index contributed by atoms with van der Waals surface area (Å²) in [6, 6.07) is 1.90. The number of ether oxygens (including phenoxy) is 1. The Balaban J connectivity index is 2.21. The van der Waals surface area contributed by atoms with Crippen molar-refractivity contribution in [3.8, 4) is 0 Å². The molecule has 1 heterocycles. The van der Waals surface area contributed by atoms with Gasteiger partial charge in [-0.15, -0.1) is 0 Å². The zero-order chi connectivity index (χ0) is 9.73. The second kappa shape index (κ2) is 4.39. The van der Waals surface area contributed by atoms with Crippen LogP contribution >= 0.6 is 0 Å². The number of rotatable bonds is 5. The Morgan fingerprint density at radius 1 is 1.54 bits per heavy atom. The first-order valence-corrected chi connectivity index (χ1v) is 4.45. The fraction of sp³-hybridized carbons (Fsp3) is 0.667. The third-order valence-corrected chi connectivity index (χ3v) is 1.86. The molecule has 2 N–H and O–H groups in total. The Labute approximate surface area is 78.7 Å². The lowest BCUT2D eigenvalue weighted by atomic mass is 10.1. The second-order valence-corrected chi connectivity index (χ2v) is 3.58. The van der Waals surface area contributed by atoms with E-state index in [1.165, 1.54) is 0 Å². The van der Waals surface area contributed by atoms with Gasteiger partial charge in [-0.3, -0.25) is 4.68 Å². The molecule has 74 valence electrons. The average Bonchev–Trinajstić information content (AvgIpc) is 2.57. The number of hydrogen-bond acceptors (Lipinski definition) is 3. The van der Waals surface area contributed by atoms with Crippen molar-refractivity contribution >= 4 is 0 Å². The minimum Gasteiger partial charge on any atom is -0.372 e. The third-order valence-electron chi connectivity index (χ3n) is 1.86. The molecule has 0 aliphatic carbocycles. The fourth-order valence-electron chi connectivity index (χ4n) is 0.907. The van der Waals surface area contributed by atoms with Crippen LogP contribution in [0.2, 0.25) is 0 Å². The van der Waals surface area contributed by atoms with Crippen molar-refractivity contribution in [2.24, 2.45) is 5.73 Å². The van der Waals surface area contributed by atoms with Crippen LogP contribution in [0.1, 0.15) is 13.8 Å². The van der Waals surface area contributed by atoms with Crippen LogP contribution in [0.15, 0.2) is 18.5 Å². The SMILES string of the molecule is CC(C)(CN)OCCn1cccn1. The normalized spacial score (nSPS) is 11.9. The molecule has 0 saturated heterocycles. The van der Waals surface area contributed by atoms with E-state index in [1.807, 2.05) is 30.8 Å². The van der Waals surface area contributed by atoms with E-state index in [4.69, 9.17) is 10.5 Å². The van der Waals surface area contributed by atoms with Crippen molar-refractivity contribution < 1.29 is 4.74 Å². The third kappa shape index (κ3) is 3.57. The van der Waals surface area contributed by atoms with Gasteiger partial charge in [-0.2, -0.15) is 5.10 Å². The molecule has 0 spiro atoms. The summed E-state index contributed by atoms with van der Waals surface area (Å²) >= 11 is 0. The number of aromatic nitrogens is 2. The molecular weight excluding hydrogens is 166 g/mol. The van der Waals surface area contributed by atoms with E-state index in [-0.39, 0.29) is 5.60 Å². The van der Waals surface area contributed by atoms with Gasteiger partial charge in [0.25, 0.3) is 0 Å². The van der Waals surface area contributed by atoms with Gasteiger partial charge in [0.05, 0.1) is 18.8 Å². The highest BCUT2D eigenvalue weighted by Gasteiger charge is 2.14. The van der Waals surface area contributed by atoms with Gasteiger partial charge in [0.2, 0.25) is 0 Å². The molecule has 0 atom stereocenters. The Morgan fingerprint density at radius 3 is 2.85 bits per heavy atom. The highest BCUT2D eigenvalue weighted by Crippen LogP contribution is 2.05. The molecular formula is C9H17N3O. The molecule has 0 amide bonds. The van der Waals surface area contributed by atoms with E-state index in [0.29, 0.717) is 13.2 Å². The van der Waals surface area contributed by atoms with Crippen molar-refractivity contribution in [2.45, 2.75) is 26.0 Å². The summed E-state index contributed by atoms with van der Waals surface area (Å²) in [6.07, 6.45) is 3.67. The van der Waals surface area contributed by atoms with Crippen LogP contribution in [0.5, 0.6) is 0 Å². The smallest absolute Gasteiger partial charge is 0.0749 e. The molecule has 4 heteroatoms. The lowest BCUT2D eigenvalue weighted by Crippen LogP contribution is -2.35. The quantitative estimate of drug-likeness (QED) is 0.728. The number of hydrogen-bond donors (Lipinski definition) is 1. The first kappa shape index (κ1) is 10.2. The van der Waals surface area contributed by atoms with Crippen molar-refractivity contribution in [2.75, 3.05) is 13.2 Å². The first-order valence-electron chi connectivity index (χ1n) is 4.45. The van der Waals surface area contributed by atoms with Crippen LogP contribution in [-0.4, -0.2) is 28.5 Å². The Hall–Kier alpha value is -0.870. The monoisotopic (exact) mass is 183 g/mol. The van der Waals surface area contributed by atoms with Crippen molar-refractivity contribution in [3.63, 3.8) is 0 Å². The number of nitrogens with two attached hydrogens (primary N) is 1. The molecule has 0 aliphatic heterocycles. The van der Waals surface area contributed by atoms with Crippen LogP contribution in [0.25, 0.3) is 0 Å². The first-order chi connectivity index (χ1) is 6.14. The Morgan fingerprint density at radius 2 is 2.31 bits per heavy atom. The van der Waals surface area contributed by atoms with Gasteiger partial charge in [-0.1, -0.05) is 0 Å². The van der Waals surface area contributed by atoms with Gasteiger partial charge in [0, 0.05) is 18.9 Å². The van der Waals surface area contributed by atoms with Crippen LogP contribution in [0.3, 0.4) is 0 Å². The zero-order valence-corrected chi connectivity index (χ0v) is 8.23. The predicted molar refractivity (Wildman–Crippen MR) is 51.3 cm³/mol. The van der Waals surface area contributed by atoms with E-state index in [9.17, 15) is 0 Å². The molecule has 1 aromatic rings. The van der Waals surface area contributed by atoms with Gasteiger partial charge in [-0.05, 0) is 19.9 Å². The molecule has 0 unspecified atom stereocenters. The fourth-order valence-corrected chi connectivity index (χ4v) is 0.907. The standard InChI is InChI=1S/C9H17N3O/c1-9(2,8-10)13-7-6-12-5-3-4-11-12/h3-5H,6-8,10H2,1-2H3. The summed E-state index contributed by atoms with van der Waals surface area (Å²) < 4.78 is 7.41. The predicted octanol–water partition coefficient (Wildman–Crippen LogP) is 0.637. The maximum absolute atomic E-state index is 5.57. The molecule has 1 aromatic heterocycles. The van der Waals surface area contributed by atoms with Gasteiger partial charge < -0.3 is 10.5 Å². The summed E-state index contributed by atoms with van der Waals surface area (Å²) in [5.41, 5.74) is 5.29. The number of nitrogens with zero attached hydrogens (tertiary/aromatic N) is 2. The van der Waals surface area contributed by atoms with Crippen LogP contribution < -0.4 is 5.73 Å². The highest BCUT2D eigenvalue weighted by molar-refractivity contribution is 4.77. The van der Waals surface area contributed by atoms with Crippen LogP contribution in [-0.2, 0) is 11.3 Å². The summed E-state index contributed by atoms with van der Waals surface area (Å²) in [6.45, 7) is 5.92. The molecule has 0 aliphatic rings. The highest BCUT2D eigenvalue weighted by atomic mass is 16.5. The van der Waals surface area contributed by atoms with Crippen LogP contribution in [0, 0.1) is 0 Å². The summed E-state index contributed by atoms with van der Waals surface area (Å²) in [5.74, 6) is 0. The average molecular weight is 183 g/mol.